The maximum Gasteiger partial charge on any atom is 0.677 e. The highest BCUT2D eigenvalue weighted by Gasteiger charge is 2.28. The Morgan fingerprint density at radius 1 is 1.19 bits per heavy atom. The van der Waals surface area contributed by atoms with Crippen LogP contribution < -0.4 is 10.6 Å². The van der Waals surface area contributed by atoms with Gasteiger partial charge in [0.1, 0.15) is 0 Å². The highest BCUT2D eigenvalue weighted by Crippen LogP contribution is 2.35. The van der Waals surface area contributed by atoms with Crippen molar-refractivity contribution in [1.29, 1.82) is 0 Å². The lowest BCUT2D eigenvalue weighted by Gasteiger charge is -2.16. The molecular formula is C19H27BF2N4O. The number of rotatable bonds is 8. The van der Waals surface area contributed by atoms with Gasteiger partial charge in [-0.25, -0.2) is 0 Å². The summed E-state index contributed by atoms with van der Waals surface area (Å²) in [6, 6.07) is 1.75. The number of allylic oxidation sites excluding steroid dienone is 3. The van der Waals surface area contributed by atoms with E-state index < -0.39 is 7.40 Å². The fourth-order valence-corrected chi connectivity index (χ4v) is 3.44. The van der Waals surface area contributed by atoms with E-state index in [9.17, 15) is 13.4 Å². The van der Waals surface area contributed by atoms with E-state index in [0.29, 0.717) is 42.2 Å². The van der Waals surface area contributed by atoms with E-state index in [1.807, 2.05) is 33.9 Å². The van der Waals surface area contributed by atoms with Crippen molar-refractivity contribution in [2.24, 2.45) is 4.99 Å². The van der Waals surface area contributed by atoms with Gasteiger partial charge in [-0.05, 0) is 64.4 Å². The lowest BCUT2D eigenvalue weighted by atomic mass is 9.97. The third-order valence-corrected chi connectivity index (χ3v) is 4.57. The van der Waals surface area contributed by atoms with Gasteiger partial charge in [0, 0.05) is 42.2 Å². The molecule has 0 saturated heterocycles. The summed E-state index contributed by atoms with van der Waals surface area (Å²) in [5.41, 5.74) is 4.87. The number of carbonyl (C=O) groups is 1. The summed E-state index contributed by atoms with van der Waals surface area (Å²) in [6.07, 6.45) is 2.50. The van der Waals surface area contributed by atoms with Gasteiger partial charge in [0.2, 0.25) is 5.91 Å². The molecule has 0 bridgehead atoms. The predicted molar refractivity (Wildman–Crippen MR) is 107 cm³/mol. The van der Waals surface area contributed by atoms with Gasteiger partial charge < -0.3 is 15.1 Å². The molecular weight excluding hydrogens is 349 g/mol. The van der Waals surface area contributed by atoms with Crippen molar-refractivity contribution in [3.63, 3.8) is 0 Å². The van der Waals surface area contributed by atoms with E-state index >= 15 is 0 Å². The summed E-state index contributed by atoms with van der Waals surface area (Å²) in [6.45, 7) is 8.49. The molecule has 1 aliphatic rings. The van der Waals surface area contributed by atoms with Gasteiger partial charge in [-0.2, -0.15) is 0 Å². The summed E-state index contributed by atoms with van der Waals surface area (Å²) in [4.78, 5) is 16.7. The molecule has 0 saturated carbocycles. The second-order valence-electron chi connectivity index (χ2n) is 6.83. The molecule has 0 fully saturated rings. The molecule has 0 aromatic carbocycles. The molecule has 2 rings (SSSR count). The Balaban J connectivity index is 2.41. The van der Waals surface area contributed by atoms with Crippen LogP contribution in [0.5, 0.6) is 0 Å². The molecule has 1 aromatic heterocycles. The first-order chi connectivity index (χ1) is 12.8. The van der Waals surface area contributed by atoms with Crippen LogP contribution in [0, 0.1) is 13.8 Å². The SMILES string of the molecule is CNCCNC(=O)CC/C(=C1/N=C(C)C=C1C)c1c(C)cc(C)n1B(F)F. The smallest absolute Gasteiger partial charge is 0.355 e. The van der Waals surface area contributed by atoms with E-state index in [0.717, 1.165) is 21.3 Å². The van der Waals surface area contributed by atoms with E-state index in [1.165, 1.54) is 0 Å². The number of aromatic nitrogens is 1. The molecule has 0 radical (unpaired) electrons. The Hall–Kier alpha value is -2.22. The number of hydrogen-bond acceptors (Lipinski definition) is 3. The molecule has 146 valence electrons. The van der Waals surface area contributed by atoms with Gasteiger partial charge in [-0.15, -0.1) is 0 Å². The molecule has 0 spiro atoms. The average Bonchev–Trinajstić information content (AvgIpc) is 3.06. The number of aliphatic imine (C=N–C) groups is 1. The fraction of sp³-hybridized carbons (Fsp3) is 0.474. The van der Waals surface area contributed by atoms with Crippen LogP contribution in [-0.4, -0.2) is 43.6 Å². The van der Waals surface area contributed by atoms with E-state index in [4.69, 9.17) is 0 Å². The number of likely N-dealkylation sites (N-methyl/N-ethyl adjacent to an activating group) is 1. The minimum absolute atomic E-state index is 0.104. The minimum Gasteiger partial charge on any atom is -0.355 e. The maximum absolute atomic E-state index is 13.7. The average molecular weight is 376 g/mol. The molecule has 27 heavy (non-hydrogen) atoms. The Bertz CT molecular complexity index is 809. The van der Waals surface area contributed by atoms with Crippen LogP contribution in [0.4, 0.5) is 8.63 Å². The molecule has 1 amide bonds. The van der Waals surface area contributed by atoms with Crippen molar-refractivity contribution >= 4 is 24.6 Å². The van der Waals surface area contributed by atoms with Crippen molar-refractivity contribution in [2.45, 2.75) is 40.5 Å². The maximum atomic E-state index is 13.7. The summed E-state index contributed by atoms with van der Waals surface area (Å²) in [5, 5.41) is 5.79. The minimum atomic E-state index is -2.65. The third kappa shape index (κ3) is 4.94. The van der Waals surface area contributed by atoms with E-state index in [1.54, 1.807) is 13.0 Å². The van der Waals surface area contributed by atoms with Gasteiger partial charge in [-0.1, -0.05) is 0 Å². The van der Waals surface area contributed by atoms with Gasteiger partial charge in [0.15, 0.2) is 0 Å². The van der Waals surface area contributed by atoms with Crippen LogP contribution >= 0.6 is 0 Å². The summed E-state index contributed by atoms with van der Waals surface area (Å²) >= 11 is 0. The van der Waals surface area contributed by atoms with Gasteiger partial charge >= 0.3 is 7.40 Å². The molecule has 5 nitrogen and oxygen atoms in total. The largest absolute Gasteiger partial charge is 0.677 e. The van der Waals surface area contributed by atoms with Crippen LogP contribution in [0.25, 0.3) is 5.57 Å². The molecule has 1 aromatic rings. The Kier molecular flexibility index (Phi) is 7.13. The van der Waals surface area contributed by atoms with Crippen LogP contribution in [-0.2, 0) is 4.79 Å². The standard InChI is InChI=1S/C19H27BF2N4O/c1-12-10-14(3)25-18(12)16(6-7-17(27)24-9-8-23-5)19-13(2)11-15(4)26(19)20(21)22/h10-11,23H,6-9H2,1-5H3,(H,24,27)/b18-16-. The van der Waals surface area contributed by atoms with Crippen molar-refractivity contribution in [2.75, 3.05) is 20.1 Å². The normalized spacial score (nSPS) is 15.5. The summed E-state index contributed by atoms with van der Waals surface area (Å²) in [5.74, 6) is -0.104. The zero-order chi connectivity index (χ0) is 20.1. The number of aryl methyl sites for hydroxylation is 2. The number of nitrogens with one attached hydrogen (secondary N) is 2. The molecule has 8 heteroatoms. The Morgan fingerprint density at radius 3 is 2.44 bits per heavy atom. The highest BCUT2D eigenvalue weighted by molar-refractivity contribution is 6.41. The molecule has 2 heterocycles. The van der Waals surface area contributed by atoms with Crippen LogP contribution in [0.1, 0.15) is 43.6 Å². The van der Waals surface area contributed by atoms with Crippen molar-refractivity contribution in [3.8, 4) is 0 Å². The first kappa shape index (κ1) is 21.1. The predicted octanol–water partition coefficient (Wildman–Crippen LogP) is 3.12. The van der Waals surface area contributed by atoms with Crippen LogP contribution in [0.3, 0.4) is 0 Å². The van der Waals surface area contributed by atoms with Crippen LogP contribution in [0.2, 0.25) is 0 Å². The number of hydrogen-bond donors (Lipinski definition) is 2. The van der Waals surface area contributed by atoms with Gasteiger partial charge in [-0.3, -0.25) is 18.4 Å². The number of nitrogens with zero attached hydrogens (tertiary/aromatic N) is 2. The number of halogens is 2. The van der Waals surface area contributed by atoms with Crippen molar-refractivity contribution in [1.82, 2.24) is 15.1 Å². The zero-order valence-electron chi connectivity index (χ0n) is 16.6. The monoisotopic (exact) mass is 376 g/mol. The van der Waals surface area contributed by atoms with Crippen molar-refractivity contribution in [3.05, 3.63) is 40.4 Å². The summed E-state index contributed by atoms with van der Waals surface area (Å²) in [7, 11) is -0.835. The van der Waals surface area contributed by atoms with Crippen LogP contribution in [0.15, 0.2) is 28.4 Å². The molecule has 0 unspecified atom stereocenters. The molecule has 1 aliphatic heterocycles. The summed E-state index contributed by atoms with van der Waals surface area (Å²) < 4.78 is 28.5. The number of carbonyl (C=O) groups excluding carboxylic acids is 1. The van der Waals surface area contributed by atoms with Gasteiger partial charge in [0.25, 0.3) is 0 Å². The Morgan fingerprint density at radius 2 is 1.89 bits per heavy atom. The lowest BCUT2D eigenvalue weighted by Crippen LogP contribution is -2.30. The van der Waals surface area contributed by atoms with Crippen molar-refractivity contribution < 1.29 is 13.4 Å². The molecule has 0 aliphatic carbocycles. The lowest BCUT2D eigenvalue weighted by molar-refractivity contribution is -0.120. The third-order valence-electron chi connectivity index (χ3n) is 4.57. The second-order valence-corrected chi connectivity index (χ2v) is 6.83. The van der Waals surface area contributed by atoms with Gasteiger partial charge in [0.05, 0.1) is 5.70 Å². The second kappa shape index (κ2) is 9.13. The van der Waals surface area contributed by atoms with E-state index in [-0.39, 0.29) is 12.3 Å². The topological polar surface area (TPSA) is 58.4 Å². The quantitative estimate of drug-likeness (QED) is 0.541. The highest BCUT2D eigenvalue weighted by atomic mass is 19.2. The first-order valence-electron chi connectivity index (χ1n) is 9.11. The van der Waals surface area contributed by atoms with E-state index in [2.05, 4.69) is 15.6 Å². The Labute approximate surface area is 159 Å². The fourth-order valence-electron chi connectivity index (χ4n) is 3.44. The first-order valence-corrected chi connectivity index (χ1v) is 9.11. The zero-order valence-corrected chi connectivity index (χ0v) is 16.6. The molecule has 2 N–H and O–H groups in total. The number of amides is 1. The molecule has 0 atom stereocenters.